The molecule has 0 amide bonds. The number of carbonyl (C=O) groups excluding carboxylic acids is 1. The number of unbranched alkanes of at least 4 members (excludes halogenated alkanes) is 3. The van der Waals surface area contributed by atoms with E-state index in [0.717, 1.165) is 85.6 Å². The topological polar surface area (TPSA) is 55.3 Å². The van der Waals surface area contributed by atoms with Crippen LogP contribution in [-0.2, 0) is 16.0 Å². The molecule has 35 heavy (non-hydrogen) atoms. The molecule has 2 heterocycles. The Morgan fingerprint density at radius 3 is 2.46 bits per heavy atom. The van der Waals surface area contributed by atoms with Crippen LogP contribution in [0.15, 0.2) is 48.5 Å². The number of carbonyl (C=O) groups is 1. The van der Waals surface area contributed by atoms with Crippen molar-refractivity contribution in [3.8, 4) is 22.5 Å². The Hall–Kier alpha value is -3.21. The van der Waals surface area contributed by atoms with E-state index in [0.29, 0.717) is 13.0 Å². The number of hydrogen-bond acceptors (Lipinski definition) is 5. The first-order chi connectivity index (χ1) is 17.0. The second kappa shape index (κ2) is 12.0. The number of aromatic nitrogens is 2. The molecule has 0 saturated carbocycles. The largest absolute Gasteiger partial charge is 0.466 e. The third kappa shape index (κ3) is 6.47. The Balaban J connectivity index is 1.54. The molecule has 1 aliphatic heterocycles. The fourth-order valence-electron chi connectivity index (χ4n) is 4.71. The maximum Gasteiger partial charge on any atom is 0.305 e. The first-order valence-corrected chi connectivity index (χ1v) is 13.0. The lowest BCUT2D eigenvalue weighted by atomic mass is 10.0. The Kier molecular flexibility index (Phi) is 8.51. The van der Waals surface area contributed by atoms with Gasteiger partial charge in [0, 0.05) is 30.6 Å². The summed E-state index contributed by atoms with van der Waals surface area (Å²) in [4.78, 5) is 24.4. The fraction of sp³-hybridized carbons (Fsp3) is 0.433. The molecule has 0 N–H and O–H groups in total. The monoisotopic (exact) mass is 471 g/mol. The second-order valence-electron chi connectivity index (χ2n) is 9.49. The van der Waals surface area contributed by atoms with Gasteiger partial charge in [0.05, 0.1) is 23.7 Å². The first kappa shape index (κ1) is 24.9. The minimum absolute atomic E-state index is 0.0826. The molecule has 0 fully saturated rings. The average Bonchev–Trinajstić information content (AvgIpc) is 2.86. The quantitative estimate of drug-likeness (QED) is 0.243. The van der Waals surface area contributed by atoms with Crippen LogP contribution in [0.25, 0.3) is 22.5 Å². The highest BCUT2D eigenvalue weighted by Gasteiger charge is 2.23. The number of fused-ring (bicyclic) bond motifs is 1. The molecule has 2 aromatic carbocycles. The number of hydrogen-bond donors (Lipinski definition) is 0. The highest BCUT2D eigenvalue weighted by atomic mass is 16.5. The lowest BCUT2D eigenvalue weighted by Crippen LogP contribution is -2.32. The predicted molar refractivity (Wildman–Crippen MR) is 143 cm³/mol. The van der Waals surface area contributed by atoms with Gasteiger partial charge in [0.2, 0.25) is 0 Å². The Morgan fingerprint density at radius 2 is 1.69 bits per heavy atom. The van der Waals surface area contributed by atoms with E-state index in [1.54, 1.807) is 0 Å². The number of anilines is 1. The standard InChI is InChI=1S/C30H37N3O2/c1-4-35-27(34)14-7-5-6-8-19-33-20-10-13-26-30(33)32-28(24-17-15-22(2)16-18-24)29(31-26)25-12-9-11-23(3)21-25/h9,11-12,15-18,21H,4-8,10,13-14,19-20H2,1-3H3. The Bertz CT molecular complexity index is 1140. The van der Waals surface area contributed by atoms with E-state index in [2.05, 4.69) is 67.3 Å². The van der Waals surface area contributed by atoms with Crippen molar-refractivity contribution < 1.29 is 9.53 Å². The SMILES string of the molecule is CCOC(=O)CCCCCCN1CCCc2nc(-c3cccc(C)c3)c(-c3ccc(C)cc3)nc21. The van der Waals surface area contributed by atoms with Crippen LogP contribution in [0.1, 0.15) is 62.3 Å². The van der Waals surface area contributed by atoms with Crippen LogP contribution in [0.2, 0.25) is 0 Å². The van der Waals surface area contributed by atoms with Gasteiger partial charge in [-0.3, -0.25) is 4.79 Å². The number of ether oxygens (including phenoxy) is 1. The van der Waals surface area contributed by atoms with E-state index in [1.165, 1.54) is 11.1 Å². The number of nitrogens with zero attached hydrogens (tertiary/aromatic N) is 3. The molecule has 0 unspecified atom stereocenters. The summed E-state index contributed by atoms with van der Waals surface area (Å²) in [6, 6.07) is 17.1. The lowest BCUT2D eigenvalue weighted by Gasteiger charge is -2.30. The van der Waals surface area contributed by atoms with Crippen molar-refractivity contribution >= 4 is 11.8 Å². The maximum absolute atomic E-state index is 11.5. The van der Waals surface area contributed by atoms with Crippen molar-refractivity contribution in [3.63, 3.8) is 0 Å². The van der Waals surface area contributed by atoms with Crippen molar-refractivity contribution in [1.29, 1.82) is 0 Å². The van der Waals surface area contributed by atoms with Crippen molar-refractivity contribution in [2.24, 2.45) is 0 Å². The second-order valence-corrected chi connectivity index (χ2v) is 9.49. The van der Waals surface area contributed by atoms with Gasteiger partial charge in [0.25, 0.3) is 0 Å². The fourth-order valence-corrected chi connectivity index (χ4v) is 4.71. The summed E-state index contributed by atoms with van der Waals surface area (Å²) in [5.74, 6) is 0.954. The molecular weight excluding hydrogens is 434 g/mol. The van der Waals surface area contributed by atoms with Crippen LogP contribution >= 0.6 is 0 Å². The van der Waals surface area contributed by atoms with E-state index in [4.69, 9.17) is 14.7 Å². The van der Waals surface area contributed by atoms with Gasteiger partial charge in [-0.25, -0.2) is 9.97 Å². The van der Waals surface area contributed by atoms with E-state index in [9.17, 15) is 4.79 Å². The summed E-state index contributed by atoms with van der Waals surface area (Å²) in [6.45, 7) is 8.53. The van der Waals surface area contributed by atoms with E-state index in [1.807, 2.05) is 6.92 Å². The third-order valence-electron chi connectivity index (χ3n) is 6.57. The molecule has 0 saturated heterocycles. The van der Waals surface area contributed by atoms with Crippen molar-refractivity contribution in [2.75, 3.05) is 24.6 Å². The maximum atomic E-state index is 11.5. The van der Waals surface area contributed by atoms with E-state index < -0.39 is 0 Å². The first-order valence-electron chi connectivity index (χ1n) is 13.0. The van der Waals surface area contributed by atoms with Crippen LogP contribution in [0.3, 0.4) is 0 Å². The van der Waals surface area contributed by atoms with Crippen LogP contribution in [0.5, 0.6) is 0 Å². The van der Waals surface area contributed by atoms with E-state index in [-0.39, 0.29) is 5.97 Å². The zero-order valence-corrected chi connectivity index (χ0v) is 21.3. The van der Waals surface area contributed by atoms with Gasteiger partial charge in [0.1, 0.15) is 0 Å². The van der Waals surface area contributed by atoms with Gasteiger partial charge in [-0.15, -0.1) is 0 Å². The molecule has 184 valence electrons. The molecule has 4 rings (SSSR count). The van der Waals surface area contributed by atoms with Gasteiger partial charge < -0.3 is 9.64 Å². The summed E-state index contributed by atoms with van der Waals surface area (Å²) in [5.41, 5.74) is 7.71. The van der Waals surface area contributed by atoms with Crippen LogP contribution in [0.4, 0.5) is 5.82 Å². The number of esters is 1. The minimum Gasteiger partial charge on any atom is -0.466 e. The molecule has 1 aliphatic rings. The summed E-state index contributed by atoms with van der Waals surface area (Å²) in [5, 5.41) is 0. The molecule has 0 bridgehead atoms. The zero-order valence-electron chi connectivity index (χ0n) is 21.3. The number of aryl methyl sites for hydroxylation is 3. The third-order valence-corrected chi connectivity index (χ3v) is 6.57. The highest BCUT2D eigenvalue weighted by Crippen LogP contribution is 2.35. The molecule has 0 atom stereocenters. The Labute approximate surface area is 209 Å². The molecular formula is C30H37N3O2. The summed E-state index contributed by atoms with van der Waals surface area (Å²) >= 11 is 0. The smallest absolute Gasteiger partial charge is 0.305 e. The molecule has 0 aliphatic carbocycles. The van der Waals surface area contributed by atoms with E-state index >= 15 is 0 Å². The molecule has 0 spiro atoms. The number of benzene rings is 2. The molecule has 1 aromatic heterocycles. The molecule has 5 heteroatoms. The highest BCUT2D eigenvalue weighted by molar-refractivity contribution is 5.80. The van der Waals surface area contributed by atoms with Gasteiger partial charge >= 0.3 is 5.97 Å². The number of rotatable bonds is 10. The van der Waals surface area contributed by atoms with Gasteiger partial charge in [-0.05, 0) is 52.5 Å². The van der Waals surface area contributed by atoms with Gasteiger partial charge in [-0.2, -0.15) is 0 Å². The predicted octanol–water partition coefficient (Wildman–Crippen LogP) is 6.69. The summed E-state index contributed by atoms with van der Waals surface area (Å²) < 4.78 is 5.02. The molecule has 0 radical (unpaired) electrons. The normalized spacial score (nSPS) is 12.9. The van der Waals surface area contributed by atoms with Crippen LogP contribution in [-0.4, -0.2) is 35.6 Å². The molecule has 5 nitrogen and oxygen atoms in total. The average molecular weight is 472 g/mol. The van der Waals surface area contributed by atoms with Crippen molar-refractivity contribution in [3.05, 3.63) is 65.4 Å². The van der Waals surface area contributed by atoms with Gasteiger partial charge in [-0.1, -0.05) is 66.4 Å². The summed E-state index contributed by atoms with van der Waals surface area (Å²) in [6.07, 6.45) is 6.72. The van der Waals surface area contributed by atoms with Gasteiger partial charge in [0.15, 0.2) is 5.82 Å². The van der Waals surface area contributed by atoms with Crippen molar-refractivity contribution in [1.82, 2.24) is 9.97 Å². The van der Waals surface area contributed by atoms with Crippen LogP contribution in [0, 0.1) is 13.8 Å². The van der Waals surface area contributed by atoms with Crippen molar-refractivity contribution in [2.45, 2.75) is 65.7 Å². The summed E-state index contributed by atoms with van der Waals surface area (Å²) in [7, 11) is 0. The Morgan fingerprint density at radius 1 is 0.914 bits per heavy atom. The minimum atomic E-state index is -0.0826. The lowest BCUT2D eigenvalue weighted by molar-refractivity contribution is -0.143. The zero-order chi connectivity index (χ0) is 24.6. The van der Waals surface area contributed by atoms with Crippen LogP contribution < -0.4 is 4.90 Å². The molecule has 3 aromatic rings.